The van der Waals surface area contributed by atoms with Crippen molar-refractivity contribution < 1.29 is 12.8 Å². The third kappa shape index (κ3) is 5.43. The van der Waals surface area contributed by atoms with E-state index < -0.39 is 15.7 Å². The molecular weight excluding hydrogens is 472 g/mol. The van der Waals surface area contributed by atoms with Gasteiger partial charge in [-0.15, -0.1) is 0 Å². The van der Waals surface area contributed by atoms with Gasteiger partial charge in [0.15, 0.2) is 9.84 Å². The number of benzene rings is 3. The van der Waals surface area contributed by atoms with Crippen LogP contribution in [0.25, 0.3) is 17.0 Å². The molecule has 0 aliphatic carbocycles. The highest BCUT2D eigenvalue weighted by molar-refractivity contribution is 7.93. The highest BCUT2D eigenvalue weighted by Crippen LogP contribution is 2.26. The maximum Gasteiger partial charge on any atom is 0.175 e. The molecule has 32 heavy (non-hydrogen) atoms. The van der Waals surface area contributed by atoms with Crippen LogP contribution in [0, 0.1) is 5.82 Å². The van der Waals surface area contributed by atoms with E-state index in [1.54, 1.807) is 36.4 Å². The van der Waals surface area contributed by atoms with Crippen molar-refractivity contribution in [2.24, 2.45) is 0 Å². The minimum absolute atomic E-state index is 0.145. The van der Waals surface area contributed by atoms with Gasteiger partial charge in [-0.1, -0.05) is 41.4 Å². The fourth-order valence-electron chi connectivity index (χ4n) is 3.04. The van der Waals surface area contributed by atoms with Crippen molar-refractivity contribution >= 4 is 61.5 Å². The van der Waals surface area contributed by atoms with Gasteiger partial charge in [0.1, 0.15) is 18.0 Å². The molecule has 4 aromatic rings. The zero-order chi connectivity index (χ0) is 22.7. The number of halogens is 3. The van der Waals surface area contributed by atoms with E-state index in [1.807, 2.05) is 6.07 Å². The molecule has 1 N–H and O–H groups in total. The van der Waals surface area contributed by atoms with E-state index in [2.05, 4.69) is 15.3 Å². The number of hydrogen-bond acceptors (Lipinski definition) is 5. The first kappa shape index (κ1) is 22.2. The van der Waals surface area contributed by atoms with Crippen LogP contribution in [-0.2, 0) is 15.6 Å². The van der Waals surface area contributed by atoms with Gasteiger partial charge in [0.05, 0.1) is 16.3 Å². The Morgan fingerprint density at radius 1 is 0.969 bits per heavy atom. The molecule has 1 aromatic heterocycles. The van der Waals surface area contributed by atoms with Gasteiger partial charge in [0.2, 0.25) is 0 Å². The van der Waals surface area contributed by atoms with Crippen LogP contribution >= 0.6 is 23.2 Å². The predicted octanol–water partition coefficient (Wildman–Crippen LogP) is 6.41. The lowest BCUT2D eigenvalue weighted by molar-refractivity contribution is 0.604. The van der Waals surface area contributed by atoms with Crippen LogP contribution in [0.3, 0.4) is 0 Å². The van der Waals surface area contributed by atoms with Gasteiger partial charge in [-0.2, -0.15) is 0 Å². The van der Waals surface area contributed by atoms with Crippen molar-refractivity contribution in [3.05, 3.63) is 99.4 Å². The Bertz CT molecular complexity index is 1430. The number of fused-ring (bicyclic) bond motifs is 1. The zero-order valence-corrected chi connectivity index (χ0v) is 18.8. The van der Waals surface area contributed by atoms with Crippen LogP contribution in [0.1, 0.15) is 11.1 Å². The van der Waals surface area contributed by atoms with Gasteiger partial charge in [-0.3, -0.25) is 0 Å². The number of nitrogens with one attached hydrogen (secondary N) is 1. The van der Waals surface area contributed by atoms with Crippen molar-refractivity contribution in [1.29, 1.82) is 0 Å². The van der Waals surface area contributed by atoms with Crippen LogP contribution < -0.4 is 5.32 Å². The molecule has 0 unspecified atom stereocenters. The minimum Gasteiger partial charge on any atom is -0.340 e. The lowest BCUT2D eigenvalue weighted by atomic mass is 10.2. The molecule has 0 radical (unpaired) electrons. The van der Waals surface area contributed by atoms with Gasteiger partial charge >= 0.3 is 0 Å². The zero-order valence-electron chi connectivity index (χ0n) is 16.5. The number of anilines is 2. The average Bonchev–Trinajstić information content (AvgIpc) is 2.74. The van der Waals surface area contributed by atoms with Crippen molar-refractivity contribution in [2.45, 2.75) is 5.75 Å². The highest BCUT2D eigenvalue weighted by atomic mass is 35.5. The average molecular weight is 488 g/mol. The maximum atomic E-state index is 13.1. The maximum absolute atomic E-state index is 13.1. The molecule has 3 aromatic carbocycles. The molecule has 0 fully saturated rings. The summed E-state index contributed by atoms with van der Waals surface area (Å²) in [6.07, 6.45) is 2.81. The fraction of sp³-hybridized carbons (Fsp3) is 0.0435. The Labute approximate surface area is 194 Å². The van der Waals surface area contributed by atoms with Gasteiger partial charge in [-0.25, -0.2) is 22.8 Å². The molecule has 0 saturated heterocycles. The second kappa shape index (κ2) is 9.24. The Kier molecular flexibility index (Phi) is 6.41. The van der Waals surface area contributed by atoms with E-state index in [0.717, 1.165) is 22.5 Å². The third-order valence-corrected chi connectivity index (χ3v) is 6.45. The SMILES string of the molecule is O=S(=O)(/C=C/c1ccc(F)cc1Cl)Cc1ccc(Nc2ncnc3cc(Cl)ccc23)cc1. The van der Waals surface area contributed by atoms with E-state index in [1.165, 1.54) is 24.5 Å². The monoisotopic (exact) mass is 487 g/mol. The van der Waals surface area contributed by atoms with E-state index in [4.69, 9.17) is 23.2 Å². The molecule has 0 amide bonds. The third-order valence-electron chi connectivity index (χ3n) is 4.60. The van der Waals surface area contributed by atoms with Gasteiger partial charge in [0, 0.05) is 21.5 Å². The van der Waals surface area contributed by atoms with Crippen LogP contribution in [0.5, 0.6) is 0 Å². The number of hydrogen-bond donors (Lipinski definition) is 1. The van der Waals surface area contributed by atoms with Crippen LogP contribution in [0.15, 0.2) is 72.4 Å². The summed E-state index contributed by atoms with van der Waals surface area (Å²) in [5.41, 5.74) is 2.50. The summed E-state index contributed by atoms with van der Waals surface area (Å²) in [5.74, 6) is -0.0500. The molecule has 0 spiro atoms. The quantitative estimate of drug-likeness (QED) is 0.340. The highest BCUT2D eigenvalue weighted by Gasteiger charge is 2.10. The Morgan fingerprint density at radius 3 is 2.50 bits per heavy atom. The molecule has 162 valence electrons. The normalized spacial score (nSPS) is 11.8. The minimum atomic E-state index is -3.55. The van der Waals surface area contributed by atoms with Crippen molar-refractivity contribution in [3.63, 3.8) is 0 Å². The van der Waals surface area contributed by atoms with Crippen molar-refractivity contribution in [2.75, 3.05) is 5.32 Å². The number of aromatic nitrogens is 2. The topological polar surface area (TPSA) is 72.0 Å². The van der Waals surface area contributed by atoms with Crippen LogP contribution in [0.4, 0.5) is 15.9 Å². The van der Waals surface area contributed by atoms with E-state index >= 15 is 0 Å². The van der Waals surface area contributed by atoms with Gasteiger partial charge in [-0.05, 0) is 59.7 Å². The van der Waals surface area contributed by atoms with Crippen LogP contribution in [-0.4, -0.2) is 18.4 Å². The van der Waals surface area contributed by atoms with Crippen molar-refractivity contribution in [1.82, 2.24) is 9.97 Å². The summed E-state index contributed by atoms with van der Waals surface area (Å²) in [5, 5.41) is 5.84. The molecule has 0 aliphatic rings. The fourth-order valence-corrected chi connectivity index (χ4v) is 4.55. The van der Waals surface area contributed by atoms with E-state index in [9.17, 15) is 12.8 Å². The molecule has 0 aliphatic heterocycles. The number of sulfone groups is 1. The first-order chi connectivity index (χ1) is 15.3. The molecular formula is C23H16Cl2FN3O2S. The molecule has 5 nitrogen and oxygen atoms in total. The first-order valence-corrected chi connectivity index (χ1v) is 11.9. The lowest BCUT2D eigenvalue weighted by Gasteiger charge is -2.09. The second-order valence-corrected chi connectivity index (χ2v) is 9.71. The van der Waals surface area contributed by atoms with Gasteiger partial charge in [0.25, 0.3) is 0 Å². The molecule has 9 heteroatoms. The summed E-state index contributed by atoms with van der Waals surface area (Å²) >= 11 is 12.0. The Morgan fingerprint density at radius 2 is 1.75 bits per heavy atom. The Balaban J connectivity index is 1.47. The molecule has 0 atom stereocenters. The standard InChI is InChI=1S/C23H16Cl2FN3O2S/c24-17-4-8-20-22(11-17)27-14-28-23(20)29-19-6-1-15(2-7-19)13-32(30,31)10-9-16-3-5-18(26)12-21(16)25/h1-12,14H,13H2,(H,27,28,29)/b10-9+. The largest absolute Gasteiger partial charge is 0.340 e. The smallest absolute Gasteiger partial charge is 0.175 e. The molecule has 4 rings (SSSR count). The number of nitrogens with zero attached hydrogens (tertiary/aromatic N) is 2. The van der Waals surface area contributed by atoms with E-state index in [0.29, 0.717) is 27.5 Å². The summed E-state index contributed by atoms with van der Waals surface area (Å²) in [4.78, 5) is 8.49. The molecule has 0 bridgehead atoms. The lowest BCUT2D eigenvalue weighted by Crippen LogP contribution is -2.01. The number of rotatable bonds is 6. The molecule has 1 heterocycles. The summed E-state index contributed by atoms with van der Waals surface area (Å²) in [6, 6.07) is 16.1. The first-order valence-electron chi connectivity index (χ1n) is 9.41. The van der Waals surface area contributed by atoms with Crippen LogP contribution in [0.2, 0.25) is 10.0 Å². The van der Waals surface area contributed by atoms with E-state index in [-0.39, 0.29) is 10.8 Å². The summed E-state index contributed by atoms with van der Waals surface area (Å²) in [6.45, 7) is 0. The predicted molar refractivity (Wildman–Crippen MR) is 127 cm³/mol. The molecule has 0 saturated carbocycles. The summed E-state index contributed by atoms with van der Waals surface area (Å²) in [7, 11) is -3.55. The Hall–Kier alpha value is -3.00. The second-order valence-electron chi connectivity index (χ2n) is 6.98. The summed E-state index contributed by atoms with van der Waals surface area (Å²) < 4.78 is 38.0. The van der Waals surface area contributed by atoms with Gasteiger partial charge < -0.3 is 5.32 Å². The van der Waals surface area contributed by atoms with Crippen molar-refractivity contribution in [3.8, 4) is 0 Å².